The molecular formula is C18H26O5S. The molecule has 0 aliphatic rings. The highest BCUT2D eigenvalue weighted by atomic mass is 32.2. The van der Waals surface area contributed by atoms with Crippen molar-refractivity contribution in [2.24, 2.45) is 0 Å². The number of allylic oxidation sites excluding steroid dienone is 2. The Bertz CT molecular complexity index is 617. The Labute approximate surface area is 144 Å². The smallest absolute Gasteiger partial charge is 0.311 e. The van der Waals surface area contributed by atoms with Gasteiger partial charge in [-0.3, -0.25) is 9.35 Å². The van der Waals surface area contributed by atoms with E-state index in [0.29, 0.717) is 6.42 Å². The molecule has 0 spiro atoms. The molecule has 0 saturated carbocycles. The first kappa shape index (κ1) is 20.4. The summed E-state index contributed by atoms with van der Waals surface area (Å²) in [7, 11) is -4.23. The van der Waals surface area contributed by atoms with Crippen LogP contribution in [0.4, 0.5) is 0 Å². The van der Waals surface area contributed by atoms with Crippen LogP contribution in [0, 0.1) is 0 Å². The summed E-state index contributed by atoms with van der Waals surface area (Å²) in [6.07, 6.45) is 12.3. The quantitative estimate of drug-likeness (QED) is 0.207. The maximum absolute atomic E-state index is 11.7. The highest BCUT2D eigenvalue weighted by molar-refractivity contribution is 7.85. The van der Waals surface area contributed by atoms with Crippen LogP contribution in [0.3, 0.4) is 0 Å². The van der Waals surface area contributed by atoms with Crippen LogP contribution in [0.15, 0.2) is 41.3 Å². The second kappa shape index (κ2) is 11.0. The van der Waals surface area contributed by atoms with Crippen molar-refractivity contribution >= 4 is 16.1 Å². The average Bonchev–Trinajstić information content (AvgIpc) is 2.53. The zero-order valence-electron chi connectivity index (χ0n) is 14.1. The highest BCUT2D eigenvalue weighted by Gasteiger charge is 2.10. The summed E-state index contributed by atoms with van der Waals surface area (Å²) in [5.41, 5.74) is 0. The van der Waals surface area contributed by atoms with E-state index in [2.05, 4.69) is 13.0 Å². The summed E-state index contributed by atoms with van der Waals surface area (Å²) in [4.78, 5) is 11.4. The first-order valence-electron chi connectivity index (χ1n) is 8.36. The summed E-state index contributed by atoms with van der Waals surface area (Å²) < 4.78 is 35.8. The fourth-order valence-electron chi connectivity index (χ4n) is 2.16. The van der Waals surface area contributed by atoms with Crippen LogP contribution in [0.1, 0.15) is 58.3 Å². The van der Waals surface area contributed by atoms with Crippen LogP contribution in [0.2, 0.25) is 0 Å². The molecular weight excluding hydrogens is 328 g/mol. The monoisotopic (exact) mass is 354 g/mol. The number of hydrogen-bond acceptors (Lipinski definition) is 4. The average molecular weight is 354 g/mol. The lowest BCUT2D eigenvalue weighted by Crippen LogP contribution is -2.07. The standard InChI is InChI=1S/C18H26O5S/c1-2-3-4-5-6-7-8-9-10-11-18(19)23-16-12-14-17(15-13-16)24(20,21)22/h8-9,12-15H,2-7,10-11H2,1H3,(H,20,21,22). The van der Waals surface area contributed by atoms with Gasteiger partial charge in [-0.2, -0.15) is 8.42 Å². The minimum atomic E-state index is -4.23. The second-order valence-electron chi connectivity index (χ2n) is 5.63. The van der Waals surface area contributed by atoms with Crippen molar-refractivity contribution < 1.29 is 22.5 Å². The molecule has 1 N–H and O–H groups in total. The van der Waals surface area contributed by atoms with Crippen LogP contribution >= 0.6 is 0 Å². The summed E-state index contributed by atoms with van der Waals surface area (Å²) in [6, 6.07) is 5.06. The van der Waals surface area contributed by atoms with Gasteiger partial charge in [-0.25, -0.2) is 0 Å². The van der Waals surface area contributed by atoms with Crippen molar-refractivity contribution in [3.8, 4) is 5.75 Å². The summed E-state index contributed by atoms with van der Waals surface area (Å²) >= 11 is 0. The van der Waals surface area contributed by atoms with Crippen molar-refractivity contribution in [3.05, 3.63) is 36.4 Å². The first-order chi connectivity index (χ1) is 11.4. The maximum atomic E-state index is 11.7. The van der Waals surface area contributed by atoms with E-state index in [1.54, 1.807) is 0 Å². The van der Waals surface area contributed by atoms with Crippen LogP contribution in [-0.4, -0.2) is 18.9 Å². The van der Waals surface area contributed by atoms with E-state index < -0.39 is 10.1 Å². The molecule has 0 unspecified atom stereocenters. The third-order valence-electron chi connectivity index (χ3n) is 3.51. The predicted octanol–water partition coefficient (Wildman–Crippen LogP) is 4.54. The molecule has 1 rings (SSSR count). The lowest BCUT2D eigenvalue weighted by atomic mass is 10.1. The molecule has 0 aliphatic carbocycles. The number of unbranched alkanes of at least 4 members (excludes halogenated alkanes) is 5. The van der Waals surface area contributed by atoms with Crippen LogP contribution in [-0.2, 0) is 14.9 Å². The Morgan fingerprint density at radius 3 is 2.29 bits per heavy atom. The van der Waals surface area contributed by atoms with Gasteiger partial charge in [-0.1, -0.05) is 44.8 Å². The minimum Gasteiger partial charge on any atom is -0.427 e. The van der Waals surface area contributed by atoms with Gasteiger partial charge in [0.15, 0.2) is 0 Å². The van der Waals surface area contributed by atoms with E-state index >= 15 is 0 Å². The number of carbonyl (C=O) groups excluding carboxylic acids is 1. The summed E-state index contributed by atoms with van der Waals surface area (Å²) in [6.45, 7) is 2.20. The Kier molecular flexibility index (Phi) is 9.34. The van der Waals surface area contributed by atoms with Gasteiger partial charge in [-0.05, 0) is 43.5 Å². The third kappa shape index (κ3) is 8.84. The molecule has 0 atom stereocenters. The molecule has 0 aliphatic heterocycles. The topological polar surface area (TPSA) is 80.7 Å². The molecule has 24 heavy (non-hydrogen) atoms. The zero-order valence-corrected chi connectivity index (χ0v) is 14.9. The summed E-state index contributed by atoms with van der Waals surface area (Å²) in [5, 5.41) is 0. The van der Waals surface area contributed by atoms with Crippen molar-refractivity contribution in [3.63, 3.8) is 0 Å². The minimum absolute atomic E-state index is 0.232. The van der Waals surface area contributed by atoms with Crippen molar-refractivity contribution in [1.29, 1.82) is 0 Å². The fourth-order valence-corrected chi connectivity index (χ4v) is 2.64. The predicted molar refractivity (Wildman–Crippen MR) is 93.6 cm³/mol. The number of rotatable bonds is 11. The van der Waals surface area contributed by atoms with E-state index in [-0.39, 0.29) is 23.0 Å². The molecule has 0 fully saturated rings. The van der Waals surface area contributed by atoms with Gasteiger partial charge in [0.05, 0.1) is 4.90 Å². The van der Waals surface area contributed by atoms with Gasteiger partial charge < -0.3 is 4.74 Å². The first-order valence-corrected chi connectivity index (χ1v) is 9.80. The van der Waals surface area contributed by atoms with E-state index in [0.717, 1.165) is 6.42 Å². The van der Waals surface area contributed by atoms with Crippen molar-refractivity contribution in [2.45, 2.75) is 63.2 Å². The lowest BCUT2D eigenvalue weighted by molar-refractivity contribution is -0.134. The number of esters is 1. The third-order valence-corrected chi connectivity index (χ3v) is 4.38. The SMILES string of the molecule is CCCCCCCC=CCCC(=O)Oc1ccc(S(=O)(=O)O)cc1. The molecule has 1 aromatic carbocycles. The van der Waals surface area contributed by atoms with E-state index in [1.165, 1.54) is 56.4 Å². The summed E-state index contributed by atoms with van der Waals surface area (Å²) in [5.74, 6) is -0.116. The zero-order chi connectivity index (χ0) is 17.8. The Morgan fingerprint density at radius 2 is 1.67 bits per heavy atom. The Morgan fingerprint density at radius 1 is 1.04 bits per heavy atom. The fraction of sp³-hybridized carbons (Fsp3) is 0.500. The number of ether oxygens (including phenoxy) is 1. The maximum Gasteiger partial charge on any atom is 0.311 e. The van der Waals surface area contributed by atoms with Gasteiger partial charge in [0.25, 0.3) is 10.1 Å². The number of carbonyl (C=O) groups is 1. The van der Waals surface area contributed by atoms with Gasteiger partial charge in [0.2, 0.25) is 0 Å². The molecule has 0 saturated heterocycles. The molecule has 0 heterocycles. The Hall–Kier alpha value is -1.66. The van der Waals surface area contributed by atoms with Gasteiger partial charge in [-0.15, -0.1) is 0 Å². The molecule has 0 radical (unpaired) electrons. The number of hydrogen-bond donors (Lipinski definition) is 1. The normalized spacial score (nSPS) is 11.8. The van der Waals surface area contributed by atoms with Gasteiger partial charge >= 0.3 is 5.97 Å². The molecule has 0 aromatic heterocycles. The highest BCUT2D eigenvalue weighted by Crippen LogP contribution is 2.16. The van der Waals surface area contributed by atoms with Crippen LogP contribution in [0.5, 0.6) is 5.75 Å². The molecule has 0 amide bonds. The van der Waals surface area contributed by atoms with E-state index in [9.17, 15) is 13.2 Å². The van der Waals surface area contributed by atoms with Crippen molar-refractivity contribution in [1.82, 2.24) is 0 Å². The Balaban J connectivity index is 2.22. The van der Waals surface area contributed by atoms with Crippen LogP contribution in [0.25, 0.3) is 0 Å². The van der Waals surface area contributed by atoms with Gasteiger partial charge in [0.1, 0.15) is 5.75 Å². The van der Waals surface area contributed by atoms with E-state index in [1.807, 2.05) is 6.08 Å². The molecule has 134 valence electrons. The lowest BCUT2D eigenvalue weighted by Gasteiger charge is -2.04. The molecule has 5 nitrogen and oxygen atoms in total. The largest absolute Gasteiger partial charge is 0.427 e. The molecule has 0 bridgehead atoms. The molecule has 6 heteroatoms. The van der Waals surface area contributed by atoms with Gasteiger partial charge in [0, 0.05) is 6.42 Å². The van der Waals surface area contributed by atoms with E-state index in [4.69, 9.17) is 9.29 Å². The molecule has 1 aromatic rings. The number of benzene rings is 1. The van der Waals surface area contributed by atoms with Crippen LogP contribution < -0.4 is 4.74 Å². The van der Waals surface area contributed by atoms with Crippen molar-refractivity contribution in [2.75, 3.05) is 0 Å². The second-order valence-corrected chi connectivity index (χ2v) is 7.06.